The molecule has 1 aromatic heterocycles. The number of nitrogens with one attached hydrogen (secondary N) is 1. The van der Waals surface area contributed by atoms with Crippen LogP contribution in [-0.2, 0) is 0 Å². The molecule has 0 aliphatic rings. The maximum Gasteiger partial charge on any atom is 0.352 e. The number of H-pyrrole nitrogens is 1. The van der Waals surface area contributed by atoms with Crippen molar-refractivity contribution < 1.29 is 25.2 Å². The summed E-state index contributed by atoms with van der Waals surface area (Å²) < 4.78 is 0. The molecular weight excluding hydrogens is 310 g/mol. The lowest BCUT2D eigenvalue weighted by atomic mass is 10.1. The molecule has 2 aromatic rings. The third-order valence-electron chi connectivity index (χ3n) is 2.27. The molecule has 18 heavy (non-hydrogen) atoms. The third-order valence-corrected chi connectivity index (χ3v) is 2.27. The summed E-state index contributed by atoms with van der Waals surface area (Å²) in [4.78, 5) is 24.5. The average Bonchev–Trinajstić information content (AvgIpc) is 2.25. The molecule has 0 amide bonds. The van der Waals surface area contributed by atoms with Crippen LogP contribution in [0.2, 0.25) is 0 Å². The zero-order valence-corrected chi connectivity index (χ0v) is 10.4. The van der Waals surface area contributed by atoms with Gasteiger partial charge in [0, 0.05) is 12.1 Å². The zero-order valence-electron chi connectivity index (χ0n) is 8.67. The van der Waals surface area contributed by atoms with Crippen molar-refractivity contribution in [3.05, 3.63) is 28.0 Å². The van der Waals surface area contributed by atoms with E-state index < -0.39 is 34.3 Å². The van der Waals surface area contributed by atoms with Gasteiger partial charge >= 0.3 is 5.97 Å². The minimum atomic E-state index is -1.38. The highest BCUT2D eigenvalue weighted by molar-refractivity contribution is 8.93. The summed E-state index contributed by atoms with van der Waals surface area (Å²) in [6.45, 7) is 0. The van der Waals surface area contributed by atoms with E-state index in [0.717, 1.165) is 12.1 Å². The Bertz CT molecular complexity index is 693. The van der Waals surface area contributed by atoms with Gasteiger partial charge in [0.25, 0.3) is 0 Å². The van der Waals surface area contributed by atoms with Gasteiger partial charge in [0.2, 0.25) is 0 Å². The number of phenolic OH excluding ortho intramolecular Hbond substituents is 3. The van der Waals surface area contributed by atoms with Crippen LogP contribution in [0.5, 0.6) is 17.2 Å². The van der Waals surface area contributed by atoms with Gasteiger partial charge in [0.05, 0.1) is 10.9 Å². The molecule has 5 N–H and O–H groups in total. The first-order chi connectivity index (χ1) is 7.91. The van der Waals surface area contributed by atoms with Crippen LogP contribution in [0.25, 0.3) is 10.9 Å². The Morgan fingerprint density at radius 3 is 2.28 bits per heavy atom. The molecule has 0 aliphatic heterocycles. The van der Waals surface area contributed by atoms with Gasteiger partial charge in [-0.05, 0) is 0 Å². The molecule has 0 saturated carbocycles. The number of aromatic hydroxyl groups is 3. The lowest BCUT2D eigenvalue weighted by Crippen LogP contribution is -2.09. The summed E-state index contributed by atoms with van der Waals surface area (Å²) in [5.41, 5.74) is -1.49. The fraction of sp³-hybridized carbons (Fsp3) is 0. The van der Waals surface area contributed by atoms with E-state index in [9.17, 15) is 24.9 Å². The number of aromatic amines is 1. The van der Waals surface area contributed by atoms with E-state index >= 15 is 0 Å². The number of pyridine rings is 1. The number of halogens is 1. The highest BCUT2D eigenvalue weighted by atomic mass is 79.9. The van der Waals surface area contributed by atoms with E-state index in [4.69, 9.17) is 5.11 Å². The summed E-state index contributed by atoms with van der Waals surface area (Å²) in [6.07, 6.45) is 0. The Hall–Kier alpha value is -2.22. The van der Waals surface area contributed by atoms with Gasteiger partial charge < -0.3 is 25.4 Å². The molecule has 2 rings (SSSR count). The number of carboxylic acids is 1. The van der Waals surface area contributed by atoms with Crippen LogP contribution in [0, 0.1) is 0 Å². The molecule has 0 bridgehead atoms. The topological polar surface area (TPSA) is 131 Å². The highest BCUT2D eigenvalue weighted by Crippen LogP contribution is 2.36. The standard InChI is InChI=1S/C10H7NO6.BrH/c12-4-1-3(10(16)17)11-8-5(13)2-6(14)9(15)7(4)8;/h1-2,13-15H,(H,11,12)(H,16,17);1H. The molecular formula is C10H8BrNO6. The number of hydrogen-bond acceptors (Lipinski definition) is 5. The van der Waals surface area contributed by atoms with Gasteiger partial charge in [-0.25, -0.2) is 4.79 Å². The van der Waals surface area contributed by atoms with Gasteiger partial charge in [-0.15, -0.1) is 17.0 Å². The molecule has 0 fully saturated rings. The van der Waals surface area contributed by atoms with Crippen LogP contribution in [-0.4, -0.2) is 31.4 Å². The van der Waals surface area contributed by atoms with Gasteiger partial charge in [0.15, 0.2) is 16.9 Å². The van der Waals surface area contributed by atoms with E-state index in [1.807, 2.05) is 0 Å². The van der Waals surface area contributed by atoms with Gasteiger partial charge in [-0.2, -0.15) is 0 Å². The second-order valence-electron chi connectivity index (χ2n) is 3.37. The van der Waals surface area contributed by atoms with Crippen LogP contribution in [0.3, 0.4) is 0 Å². The lowest BCUT2D eigenvalue weighted by molar-refractivity contribution is 0.0691. The second kappa shape index (κ2) is 4.57. The number of phenols is 3. The number of hydrogen-bond donors (Lipinski definition) is 5. The number of carboxylic acid groups (broad SMARTS) is 1. The SMILES string of the molecule is Br.O=C(O)c1cc(=O)c2c(O)c(O)cc(O)c2[nH]1. The van der Waals surface area contributed by atoms with E-state index in [1.165, 1.54) is 0 Å². The zero-order chi connectivity index (χ0) is 12.7. The molecule has 0 unspecified atom stereocenters. The van der Waals surface area contributed by atoms with Gasteiger partial charge in [0.1, 0.15) is 11.4 Å². The molecule has 7 nitrogen and oxygen atoms in total. The van der Waals surface area contributed by atoms with Crippen LogP contribution in [0.15, 0.2) is 16.9 Å². The Labute approximate surface area is 110 Å². The highest BCUT2D eigenvalue weighted by Gasteiger charge is 2.16. The number of rotatable bonds is 1. The molecule has 96 valence electrons. The maximum atomic E-state index is 11.6. The van der Waals surface area contributed by atoms with Crippen molar-refractivity contribution in [3.8, 4) is 17.2 Å². The summed E-state index contributed by atoms with van der Waals surface area (Å²) >= 11 is 0. The van der Waals surface area contributed by atoms with E-state index in [-0.39, 0.29) is 27.9 Å². The van der Waals surface area contributed by atoms with Crippen LogP contribution in [0.4, 0.5) is 0 Å². The minimum Gasteiger partial charge on any atom is -0.506 e. The second-order valence-corrected chi connectivity index (χ2v) is 3.37. The van der Waals surface area contributed by atoms with Gasteiger partial charge in [-0.1, -0.05) is 0 Å². The lowest BCUT2D eigenvalue weighted by Gasteiger charge is -2.06. The predicted octanol–water partition coefficient (Wildman–Crippen LogP) is 0.921. The minimum absolute atomic E-state index is 0. The number of aromatic nitrogens is 1. The molecule has 0 atom stereocenters. The fourth-order valence-corrected chi connectivity index (χ4v) is 1.50. The monoisotopic (exact) mass is 317 g/mol. The molecule has 0 aliphatic carbocycles. The number of carbonyl (C=O) groups is 1. The van der Waals surface area contributed by atoms with Crippen molar-refractivity contribution in [3.63, 3.8) is 0 Å². The fourth-order valence-electron chi connectivity index (χ4n) is 1.50. The molecule has 0 saturated heterocycles. The van der Waals surface area contributed by atoms with Gasteiger partial charge in [-0.3, -0.25) is 4.79 Å². The molecule has 0 radical (unpaired) electrons. The van der Waals surface area contributed by atoms with Crippen molar-refractivity contribution >= 4 is 33.9 Å². The van der Waals surface area contributed by atoms with Crippen LogP contribution < -0.4 is 5.43 Å². The first kappa shape index (κ1) is 13.8. The van der Waals surface area contributed by atoms with Crippen molar-refractivity contribution in [1.82, 2.24) is 4.98 Å². The Morgan fingerprint density at radius 2 is 1.72 bits per heavy atom. The molecule has 1 heterocycles. The first-order valence-electron chi connectivity index (χ1n) is 4.46. The Morgan fingerprint density at radius 1 is 1.11 bits per heavy atom. The average molecular weight is 318 g/mol. The number of benzene rings is 1. The van der Waals surface area contributed by atoms with E-state index in [0.29, 0.717) is 0 Å². The van der Waals surface area contributed by atoms with E-state index in [2.05, 4.69) is 4.98 Å². The normalized spacial score (nSPS) is 10.0. The quantitative estimate of drug-likeness (QED) is 0.392. The van der Waals surface area contributed by atoms with Crippen LogP contribution in [0.1, 0.15) is 10.5 Å². The van der Waals surface area contributed by atoms with Crippen molar-refractivity contribution in [2.45, 2.75) is 0 Å². The Kier molecular flexibility index (Phi) is 3.52. The smallest absolute Gasteiger partial charge is 0.352 e. The largest absolute Gasteiger partial charge is 0.506 e. The maximum absolute atomic E-state index is 11.6. The van der Waals surface area contributed by atoms with Crippen LogP contribution >= 0.6 is 17.0 Å². The molecule has 8 heteroatoms. The summed E-state index contributed by atoms with van der Waals surface area (Å²) in [7, 11) is 0. The summed E-state index contributed by atoms with van der Waals surface area (Å²) in [6, 6.07) is 1.56. The van der Waals surface area contributed by atoms with Crippen molar-refractivity contribution in [1.29, 1.82) is 0 Å². The summed E-state index contributed by atoms with van der Waals surface area (Å²) in [5, 5.41) is 36.5. The third kappa shape index (κ3) is 1.97. The molecule has 0 spiro atoms. The number of fused-ring (bicyclic) bond motifs is 1. The molecule has 1 aromatic carbocycles. The summed E-state index contributed by atoms with van der Waals surface area (Å²) in [5.74, 6) is -3.29. The number of aromatic carboxylic acids is 1. The predicted molar refractivity (Wildman–Crippen MR) is 66.8 cm³/mol. The van der Waals surface area contributed by atoms with E-state index in [1.54, 1.807) is 0 Å². The van der Waals surface area contributed by atoms with Crippen molar-refractivity contribution in [2.75, 3.05) is 0 Å². The first-order valence-corrected chi connectivity index (χ1v) is 4.46. The Balaban J connectivity index is 0.00000162. The van der Waals surface area contributed by atoms with Crippen molar-refractivity contribution in [2.24, 2.45) is 0 Å².